The number of hydrogen-bond acceptors (Lipinski definition) is 3. The number of nitrogens with two attached hydrogens (primary N) is 1. The number of para-hydroxylation sites is 1. The summed E-state index contributed by atoms with van der Waals surface area (Å²) in [6, 6.07) is 12.9. The summed E-state index contributed by atoms with van der Waals surface area (Å²) in [5, 5.41) is 0. The van der Waals surface area contributed by atoms with Gasteiger partial charge < -0.3 is 10.5 Å². The van der Waals surface area contributed by atoms with Crippen molar-refractivity contribution in [1.29, 1.82) is 0 Å². The van der Waals surface area contributed by atoms with Crippen molar-refractivity contribution in [2.75, 3.05) is 7.11 Å². The predicted molar refractivity (Wildman–Crippen MR) is 85.5 cm³/mol. The topological polar surface area (TPSA) is 35.2 Å². The van der Waals surface area contributed by atoms with Crippen LogP contribution in [0.5, 0.6) is 5.75 Å². The second-order valence-corrected chi connectivity index (χ2v) is 5.93. The third kappa shape index (κ3) is 3.99. The molecule has 0 amide bonds. The molecule has 0 saturated carbocycles. The van der Waals surface area contributed by atoms with Crippen molar-refractivity contribution in [3.05, 3.63) is 53.8 Å². The van der Waals surface area contributed by atoms with Crippen LogP contribution in [0.1, 0.15) is 18.9 Å². The zero-order chi connectivity index (χ0) is 15.2. The first-order valence-corrected chi connectivity index (χ1v) is 7.81. The number of methoxy groups -OCH3 is 1. The Kier molecular flexibility index (Phi) is 5.65. The first-order chi connectivity index (χ1) is 10.2. The van der Waals surface area contributed by atoms with E-state index < -0.39 is 0 Å². The van der Waals surface area contributed by atoms with Gasteiger partial charge >= 0.3 is 0 Å². The molecule has 1 atom stereocenters. The molecular formula is C17H20FNOS. The lowest BCUT2D eigenvalue weighted by Gasteiger charge is -2.15. The van der Waals surface area contributed by atoms with E-state index in [9.17, 15) is 4.39 Å². The molecule has 2 aromatic carbocycles. The summed E-state index contributed by atoms with van der Waals surface area (Å²) in [6.45, 7) is 2.01. The number of benzene rings is 2. The van der Waals surface area contributed by atoms with Gasteiger partial charge in [-0.2, -0.15) is 0 Å². The maximum absolute atomic E-state index is 14.1. The Balaban J connectivity index is 2.33. The third-order valence-corrected chi connectivity index (χ3v) is 4.52. The van der Waals surface area contributed by atoms with Crippen molar-refractivity contribution in [2.45, 2.75) is 35.6 Å². The van der Waals surface area contributed by atoms with Crippen LogP contribution in [0.2, 0.25) is 0 Å². The molecule has 0 fully saturated rings. The van der Waals surface area contributed by atoms with Gasteiger partial charge in [0.2, 0.25) is 0 Å². The van der Waals surface area contributed by atoms with Crippen LogP contribution in [0.15, 0.2) is 52.3 Å². The first-order valence-electron chi connectivity index (χ1n) is 6.99. The van der Waals surface area contributed by atoms with Crippen molar-refractivity contribution in [1.82, 2.24) is 0 Å². The van der Waals surface area contributed by atoms with Gasteiger partial charge in [-0.25, -0.2) is 4.39 Å². The summed E-state index contributed by atoms with van der Waals surface area (Å²) in [4.78, 5) is 1.86. The molecule has 0 saturated heterocycles. The van der Waals surface area contributed by atoms with Crippen molar-refractivity contribution < 1.29 is 9.13 Å². The quantitative estimate of drug-likeness (QED) is 0.866. The van der Waals surface area contributed by atoms with Gasteiger partial charge in [-0.1, -0.05) is 36.9 Å². The lowest BCUT2D eigenvalue weighted by Crippen LogP contribution is -2.22. The van der Waals surface area contributed by atoms with Crippen LogP contribution >= 0.6 is 11.8 Å². The van der Waals surface area contributed by atoms with E-state index >= 15 is 0 Å². The Bertz CT molecular complexity index is 603. The smallest absolute Gasteiger partial charge is 0.132 e. The summed E-state index contributed by atoms with van der Waals surface area (Å²) < 4.78 is 19.5. The van der Waals surface area contributed by atoms with E-state index in [-0.39, 0.29) is 11.9 Å². The Labute approximate surface area is 129 Å². The van der Waals surface area contributed by atoms with Crippen LogP contribution in [0.25, 0.3) is 0 Å². The second kappa shape index (κ2) is 7.48. The molecule has 0 aliphatic heterocycles. The Morgan fingerprint density at radius 2 is 1.86 bits per heavy atom. The molecule has 2 nitrogen and oxygen atoms in total. The van der Waals surface area contributed by atoms with Gasteiger partial charge in [0.1, 0.15) is 11.6 Å². The monoisotopic (exact) mass is 305 g/mol. The third-order valence-electron chi connectivity index (χ3n) is 3.36. The summed E-state index contributed by atoms with van der Waals surface area (Å²) in [5.41, 5.74) is 6.67. The van der Waals surface area contributed by atoms with E-state index in [1.807, 2.05) is 37.3 Å². The van der Waals surface area contributed by atoms with Crippen molar-refractivity contribution in [3.63, 3.8) is 0 Å². The summed E-state index contributed by atoms with van der Waals surface area (Å²) >= 11 is 1.51. The highest BCUT2D eigenvalue weighted by Gasteiger charge is 2.14. The molecule has 1 unspecified atom stereocenters. The molecule has 0 aliphatic carbocycles. The maximum atomic E-state index is 14.1. The molecule has 0 aliphatic rings. The molecule has 0 spiro atoms. The van der Waals surface area contributed by atoms with E-state index in [0.29, 0.717) is 12.0 Å². The number of ether oxygens (including phenoxy) is 1. The molecule has 4 heteroatoms. The lowest BCUT2D eigenvalue weighted by atomic mass is 10.0. The molecular weight excluding hydrogens is 285 g/mol. The van der Waals surface area contributed by atoms with Gasteiger partial charge in [0.05, 0.1) is 12.0 Å². The SMILES string of the molecule is CCC(N)Cc1c(F)cccc1Sc1ccccc1OC. The normalized spacial score (nSPS) is 12.2. The van der Waals surface area contributed by atoms with Gasteiger partial charge in [-0.3, -0.25) is 0 Å². The predicted octanol–water partition coefficient (Wildman–Crippen LogP) is 4.27. The molecule has 0 aromatic heterocycles. The van der Waals surface area contributed by atoms with Crippen LogP contribution in [-0.4, -0.2) is 13.2 Å². The number of halogens is 1. The highest BCUT2D eigenvalue weighted by Crippen LogP contribution is 2.37. The van der Waals surface area contributed by atoms with E-state index in [0.717, 1.165) is 22.0 Å². The molecule has 2 rings (SSSR count). The molecule has 0 heterocycles. The van der Waals surface area contributed by atoms with Gasteiger partial charge in [0.25, 0.3) is 0 Å². The second-order valence-electron chi connectivity index (χ2n) is 4.84. The zero-order valence-electron chi connectivity index (χ0n) is 12.3. The standard InChI is InChI=1S/C17H20FNOS/c1-3-12(19)11-13-14(18)7-6-10-16(13)21-17-9-5-4-8-15(17)20-2/h4-10,12H,3,11,19H2,1-2H3. The minimum Gasteiger partial charge on any atom is -0.496 e. The zero-order valence-corrected chi connectivity index (χ0v) is 13.1. The van der Waals surface area contributed by atoms with Crippen LogP contribution in [0.4, 0.5) is 4.39 Å². The number of hydrogen-bond donors (Lipinski definition) is 1. The van der Waals surface area contributed by atoms with Crippen molar-refractivity contribution in [2.24, 2.45) is 5.73 Å². The fourth-order valence-corrected chi connectivity index (χ4v) is 3.15. The van der Waals surface area contributed by atoms with E-state index in [4.69, 9.17) is 10.5 Å². The molecule has 2 aromatic rings. The van der Waals surface area contributed by atoms with Gasteiger partial charge in [0.15, 0.2) is 0 Å². The first kappa shape index (κ1) is 15.9. The Hall–Kier alpha value is -1.52. The molecule has 0 bridgehead atoms. The fourth-order valence-electron chi connectivity index (χ4n) is 2.06. The van der Waals surface area contributed by atoms with Crippen LogP contribution in [-0.2, 0) is 6.42 Å². The molecule has 0 radical (unpaired) electrons. The van der Waals surface area contributed by atoms with Crippen LogP contribution < -0.4 is 10.5 Å². The van der Waals surface area contributed by atoms with E-state index in [1.165, 1.54) is 17.8 Å². The Morgan fingerprint density at radius 3 is 2.57 bits per heavy atom. The van der Waals surface area contributed by atoms with Crippen LogP contribution in [0.3, 0.4) is 0 Å². The summed E-state index contributed by atoms with van der Waals surface area (Å²) in [5.74, 6) is 0.594. The molecule has 112 valence electrons. The fraction of sp³-hybridized carbons (Fsp3) is 0.294. The van der Waals surface area contributed by atoms with Gasteiger partial charge in [-0.05, 0) is 37.1 Å². The average molecular weight is 305 g/mol. The van der Waals surface area contributed by atoms with Crippen LogP contribution in [0, 0.1) is 5.82 Å². The highest BCUT2D eigenvalue weighted by molar-refractivity contribution is 7.99. The van der Waals surface area contributed by atoms with Gasteiger partial charge in [0, 0.05) is 16.5 Å². The molecule has 2 N–H and O–H groups in total. The lowest BCUT2D eigenvalue weighted by molar-refractivity contribution is 0.405. The highest BCUT2D eigenvalue weighted by atomic mass is 32.2. The van der Waals surface area contributed by atoms with E-state index in [2.05, 4.69) is 0 Å². The van der Waals surface area contributed by atoms with Crippen molar-refractivity contribution in [3.8, 4) is 5.75 Å². The number of rotatable bonds is 6. The average Bonchev–Trinajstić information content (AvgIpc) is 2.51. The summed E-state index contributed by atoms with van der Waals surface area (Å²) in [7, 11) is 1.64. The minimum atomic E-state index is -0.196. The summed E-state index contributed by atoms with van der Waals surface area (Å²) in [6.07, 6.45) is 1.37. The van der Waals surface area contributed by atoms with Crippen molar-refractivity contribution >= 4 is 11.8 Å². The maximum Gasteiger partial charge on any atom is 0.132 e. The van der Waals surface area contributed by atoms with Gasteiger partial charge in [-0.15, -0.1) is 0 Å². The Morgan fingerprint density at radius 1 is 1.14 bits per heavy atom. The molecule has 21 heavy (non-hydrogen) atoms. The minimum absolute atomic E-state index is 0.0288. The van der Waals surface area contributed by atoms with E-state index in [1.54, 1.807) is 13.2 Å². The largest absolute Gasteiger partial charge is 0.496 e.